The molecule has 22 heavy (non-hydrogen) atoms. The maximum atomic E-state index is 11.8. The number of pyridine rings is 1. The Kier molecular flexibility index (Phi) is 4.57. The van der Waals surface area contributed by atoms with Crippen LogP contribution in [0.15, 0.2) is 47.0 Å². The van der Waals surface area contributed by atoms with E-state index in [1.165, 1.54) is 14.2 Å². The summed E-state index contributed by atoms with van der Waals surface area (Å²) in [5, 5.41) is 3.96. The molecule has 7 nitrogen and oxygen atoms in total. The van der Waals surface area contributed by atoms with Crippen LogP contribution in [0.5, 0.6) is 0 Å². The topological polar surface area (TPSA) is 97.5 Å². The molecule has 2 rings (SSSR count). The molecule has 1 heterocycles. The van der Waals surface area contributed by atoms with Crippen molar-refractivity contribution in [1.29, 1.82) is 0 Å². The van der Waals surface area contributed by atoms with Crippen LogP contribution in [0, 0.1) is 0 Å². The predicted molar refractivity (Wildman–Crippen MR) is 80.3 cm³/mol. The molecule has 0 aliphatic rings. The van der Waals surface area contributed by atoms with Crippen LogP contribution < -0.4 is 10.9 Å². The number of carbonyl (C=O) groups is 2. The van der Waals surface area contributed by atoms with Gasteiger partial charge in [0.15, 0.2) is 0 Å². The van der Waals surface area contributed by atoms with Crippen molar-refractivity contribution in [2.45, 2.75) is 0 Å². The third kappa shape index (κ3) is 3.32. The number of aromatic nitrogens is 1. The number of anilines is 1. The van der Waals surface area contributed by atoms with Crippen LogP contribution in [0.25, 0.3) is 10.8 Å². The number of hydrogen-bond acceptors (Lipinski definition) is 6. The average Bonchev–Trinajstić information content (AvgIpc) is 2.54. The maximum absolute atomic E-state index is 11.8. The normalized spacial score (nSPS) is 11.1. The molecule has 0 saturated carbocycles. The lowest BCUT2D eigenvalue weighted by atomic mass is 10.1. The van der Waals surface area contributed by atoms with E-state index in [-0.39, 0.29) is 11.3 Å². The van der Waals surface area contributed by atoms with Crippen molar-refractivity contribution in [2.24, 2.45) is 0 Å². The fraction of sp³-hybridized carbons (Fsp3) is 0.133. The zero-order chi connectivity index (χ0) is 16.1. The second-order valence-corrected chi connectivity index (χ2v) is 4.31. The molecule has 2 aromatic rings. The van der Waals surface area contributed by atoms with Crippen molar-refractivity contribution in [2.75, 3.05) is 19.5 Å². The Labute approximate surface area is 125 Å². The van der Waals surface area contributed by atoms with Crippen molar-refractivity contribution in [3.05, 3.63) is 52.6 Å². The summed E-state index contributed by atoms with van der Waals surface area (Å²) in [6.07, 6.45) is 2.53. The quantitative estimate of drug-likeness (QED) is 0.650. The second kappa shape index (κ2) is 6.57. The first-order valence-corrected chi connectivity index (χ1v) is 6.31. The van der Waals surface area contributed by atoms with Gasteiger partial charge in [-0.2, -0.15) is 0 Å². The molecule has 0 bridgehead atoms. The molecular weight excluding hydrogens is 288 g/mol. The van der Waals surface area contributed by atoms with Crippen molar-refractivity contribution >= 4 is 28.4 Å². The number of aromatic amines is 1. The first-order valence-electron chi connectivity index (χ1n) is 6.31. The smallest absolute Gasteiger partial charge is 0.354 e. The molecule has 7 heteroatoms. The Bertz CT molecular complexity index is 807. The Morgan fingerprint density at radius 2 is 1.95 bits per heavy atom. The van der Waals surface area contributed by atoms with Gasteiger partial charge in [-0.3, -0.25) is 4.79 Å². The molecule has 1 aromatic carbocycles. The fourth-order valence-corrected chi connectivity index (χ4v) is 1.85. The zero-order valence-electron chi connectivity index (χ0n) is 12.0. The van der Waals surface area contributed by atoms with Gasteiger partial charge in [0.1, 0.15) is 5.70 Å². The molecule has 0 aliphatic carbocycles. The second-order valence-electron chi connectivity index (χ2n) is 4.31. The van der Waals surface area contributed by atoms with Gasteiger partial charge in [-0.15, -0.1) is 0 Å². The van der Waals surface area contributed by atoms with E-state index < -0.39 is 11.9 Å². The van der Waals surface area contributed by atoms with Gasteiger partial charge in [0.25, 0.3) is 5.56 Å². The number of H-pyrrole nitrogens is 1. The van der Waals surface area contributed by atoms with Crippen LogP contribution in [-0.4, -0.2) is 31.1 Å². The molecule has 0 saturated heterocycles. The first-order chi connectivity index (χ1) is 10.5. The van der Waals surface area contributed by atoms with E-state index in [0.717, 1.165) is 11.5 Å². The Morgan fingerprint density at radius 1 is 1.18 bits per heavy atom. The van der Waals surface area contributed by atoms with E-state index in [0.29, 0.717) is 11.1 Å². The summed E-state index contributed by atoms with van der Waals surface area (Å²) in [6, 6.07) is 6.73. The molecular formula is C15H14N2O5. The largest absolute Gasteiger partial charge is 0.466 e. The van der Waals surface area contributed by atoms with Crippen molar-refractivity contribution in [3.63, 3.8) is 0 Å². The third-order valence-corrected chi connectivity index (χ3v) is 2.92. The van der Waals surface area contributed by atoms with Crippen LogP contribution in [0.4, 0.5) is 5.69 Å². The van der Waals surface area contributed by atoms with Gasteiger partial charge in [-0.25, -0.2) is 9.59 Å². The van der Waals surface area contributed by atoms with Gasteiger partial charge >= 0.3 is 11.9 Å². The number of methoxy groups -OCH3 is 2. The molecule has 114 valence electrons. The summed E-state index contributed by atoms with van der Waals surface area (Å²) in [6.45, 7) is 0. The number of nitrogens with one attached hydrogen (secondary N) is 2. The van der Waals surface area contributed by atoms with E-state index in [1.54, 1.807) is 30.5 Å². The molecule has 1 aromatic heterocycles. The van der Waals surface area contributed by atoms with Gasteiger partial charge in [0, 0.05) is 17.3 Å². The highest BCUT2D eigenvalue weighted by atomic mass is 16.5. The summed E-state index contributed by atoms with van der Waals surface area (Å²) in [5.74, 6) is -1.43. The van der Waals surface area contributed by atoms with E-state index >= 15 is 0 Å². The number of benzene rings is 1. The summed E-state index contributed by atoms with van der Waals surface area (Å²) in [7, 11) is 2.39. The highest BCUT2D eigenvalue weighted by Crippen LogP contribution is 2.17. The standard InChI is InChI=1S/C15H14N2O5/c1-21-13(18)8-12(15(20)22-2)17-10-4-3-9-5-6-16-14(19)11(9)7-10/h3-8,17H,1-2H3,(H,16,19)/b12-8+. The average molecular weight is 302 g/mol. The summed E-state index contributed by atoms with van der Waals surface area (Å²) >= 11 is 0. The van der Waals surface area contributed by atoms with Crippen LogP contribution in [0.3, 0.4) is 0 Å². The molecule has 0 radical (unpaired) electrons. The summed E-state index contributed by atoms with van der Waals surface area (Å²) < 4.78 is 9.08. The number of ether oxygens (including phenoxy) is 2. The number of fused-ring (bicyclic) bond motifs is 1. The van der Waals surface area contributed by atoms with Crippen LogP contribution in [0.1, 0.15) is 0 Å². The third-order valence-electron chi connectivity index (χ3n) is 2.92. The predicted octanol–water partition coefficient (Wildman–Crippen LogP) is 1.17. The molecule has 0 aliphatic heterocycles. The van der Waals surface area contributed by atoms with Crippen LogP contribution >= 0.6 is 0 Å². The van der Waals surface area contributed by atoms with Crippen molar-refractivity contribution in [3.8, 4) is 0 Å². The minimum absolute atomic E-state index is 0.0962. The Morgan fingerprint density at radius 3 is 2.64 bits per heavy atom. The SMILES string of the molecule is COC(=O)/C=C(/Nc1ccc2cc[nH]c(=O)c2c1)C(=O)OC. The summed E-state index contributed by atoms with van der Waals surface area (Å²) in [5.41, 5.74) is 0.114. The molecule has 2 N–H and O–H groups in total. The highest BCUT2D eigenvalue weighted by Gasteiger charge is 2.13. The van der Waals surface area contributed by atoms with E-state index in [4.69, 9.17) is 0 Å². The van der Waals surface area contributed by atoms with Gasteiger partial charge < -0.3 is 19.8 Å². The van der Waals surface area contributed by atoms with Gasteiger partial charge in [-0.1, -0.05) is 6.07 Å². The monoisotopic (exact) mass is 302 g/mol. The zero-order valence-corrected chi connectivity index (χ0v) is 12.0. The Hall–Kier alpha value is -3.09. The molecule has 0 amide bonds. The van der Waals surface area contributed by atoms with Crippen molar-refractivity contribution in [1.82, 2.24) is 4.98 Å². The molecule has 0 fully saturated rings. The molecule has 0 atom stereocenters. The fourth-order valence-electron chi connectivity index (χ4n) is 1.85. The minimum atomic E-state index is -0.729. The lowest BCUT2D eigenvalue weighted by Crippen LogP contribution is -2.15. The highest BCUT2D eigenvalue weighted by molar-refractivity contribution is 5.99. The van der Waals surface area contributed by atoms with Gasteiger partial charge in [0.05, 0.1) is 20.3 Å². The minimum Gasteiger partial charge on any atom is -0.466 e. The molecule has 0 unspecified atom stereocenters. The maximum Gasteiger partial charge on any atom is 0.354 e. The van der Waals surface area contributed by atoms with Crippen molar-refractivity contribution < 1.29 is 19.1 Å². The number of carbonyl (C=O) groups excluding carboxylic acids is 2. The lowest BCUT2D eigenvalue weighted by molar-refractivity contribution is -0.138. The van der Waals surface area contributed by atoms with E-state index in [9.17, 15) is 14.4 Å². The van der Waals surface area contributed by atoms with Crippen LogP contribution in [0.2, 0.25) is 0 Å². The van der Waals surface area contributed by atoms with Crippen LogP contribution in [-0.2, 0) is 19.1 Å². The lowest BCUT2D eigenvalue weighted by Gasteiger charge is -2.09. The van der Waals surface area contributed by atoms with E-state index in [2.05, 4.69) is 19.8 Å². The number of hydrogen-bond donors (Lipinski definition) is 2. The first kappa shape index (κ1) is 15.3. The summed E-state index contributed by atoms with van der Waals surface area (Å²) in [4.78, 5) is 37.3. The Balaban J connectivity index is 2.40. The van der Waals surface area contributed by atoms with E-state index in [1.807, 2.05) is 0 Å². The number of rotatable bonds is 4. The number of esters is 2. The van der Waals surface area contributed by atoms with Gasteiger partial charge in [0.2, 0.25) is 0 Å². The molecule has 0 spiro atoms. The van der Waals surface area contributed by atoms with Gasteiger partial charge in [-0.05, 0) is 23.6 Å².